The second kappa shape index (κ2) is 12.2. The van der Waals surface area contributed by atoms with E-state index in [1.165, 1.54) is 0 Å². The largest absolute Gasteiger partial charge is 0.460 e. The smallest absolute Gasteiger partial charge is 0.329 e. The first kappa shape index (κ1) is 30.2. The summed E-state index contributed by atoms with van der Waals surface area (Å²) in [5.74, 6) is -0.775. The fraction of sp³-hybridized carbons (Fsp3) is 0.464. The number of benzene rings is 1. The highest BCUT2D eigenvalue weighted by Gasteiger charge is 2.28. The number of hydrogen-bond donors (Lipinski definition) is 3. The molecule has 3 rings (SSSR count). The van der Waals surface area contributed by atoms with Gasteiger partial charge in [0.1, 0.15) is 23.1 Å². The van der Waals surface area contributed by atoms with Gasteiger partial charge in [0.05, 0.1) is 18.4 Å². The molecule has 0 radical (unpaired) electrons. The van der Waals surface area contributed by atoms with Crippen LogP contribution in [0.1, 0.15) is 76.3 Å². The molecule has 1 atom stereocenters. The first-order valence-corrected chi connectivity index (χ1v) is 12.9. The van der Waals surface area contributed by atoms with Crippen LogP contribution in [0.4, 0.5) is 11.5 Å². The zero-order chi connectivity index (χ0) is 29.7. The molecule has 0 fully saturated rings. The van der Waals surface area contributed by atoms with Crippen LogP contribution < -0.4 is 16.4 Å². The number of nitrogens with one attached hydrogen (secondary N) is 2. The summed E-state index contributed by atoms with van der Waals surface area (Å²) in [7, 11) is 0. The van der Waals surface area contributed by atoms with E-state index in [-0.39, 0.29) is 18.7 Å². The molecule has 0 spiro atoms. The van der Waals surface area contributed by atoms with Crippen LogP contribution in [-0.4, -0.2) is 55.0 Å². The number of nitrogen functional groups attached to an aromatic ring is 1. The molecule has 0 aliphatic heterocycles. The second-order valence-corrected chi connectivity index (χ2v) is 11.3. The Morgan fingerprint density at radius 1 is 0.950 bits per heavy atom. The standard InChI is InChI=1S/C28H37N7O5/c1-16-32-23(29)22-24(33-16)31-15-19(34-22)14-30-18-10-8-17(9-11-18)25(37)35-20(26(38)40-28(5,6)7)12-13-21(36)39-27(2,3)4/h8-11,15,20,30H,12-14H2,1-7H3,(H,35,37)(H2,29,31,32,33)/t20-/m1/s1. The minimum absolute atomic E-state index is 0.0388. The lowest BCUT2D eigenvalue weighted by Gasteiger charge is -2.25. The molecule has 0 unspecified atom stereocenters. The lowest BCUT2D eigenvalue weighted by atomic mass is 10.1. The number of ether oxygens (including phenoxy) is 2. The zero-order valence-corrected chi connectivity index (χ0v) is 24.0. The Balaban J connectivity index is 1.64. The van der Waals surface area contributed by atoms with E-state index in [4.69, 9.17) is 15.2 Å². The van der Waals surface area contributed by atoms with E-state index in [0.29, 0.717) is 34.8 Å². The number of amides is 1. The van der Waals surface area contributed by atoms with Gasteiger partial charge >= 0.3 is 11.9 Å². The van der Waals surface area contributed by atoms with Crippen LogP contribution in [0.2, 0.25) is 0 Å². The van der Waals surface area contributed by atoms with Gasteiger partial charge in [-0.25, -0.2) is 24.7 Å². The number of fused-ring (bicyclic) bond motifs is 1. The predicted molar refractivity (Wildman–Crippen MR) is 150 cm³/mol. The van der Waals surface area contributed by atoms with Crippen molar-refractivity contribution in [2.75, 3.05) is 11.1 Å². The monoisotopic (exact) mass is 551 g/mol. The van der Waals surface area contributed by atoms with Crippen molar-refractivity contribution in [1.29, 1.82) is 0 Å². The highest BCUT2D eigenvalue weighted by Crippen LogP contribution is 2.17. The van der Waals surface area contributed by atoms with Gasteiger partial charge in [0, 0.05) is 17.7 Å². The number of anilines is 2. The SMILES string of the molecule is Cc1nc(N)c2nc(CNc3ccc(C(=O)N[C@H](CCC(=O)OC(C)(C)C)C(=O)OC(C)(C)C)cc3)cnc2n1. The molecule has 0 bridgehead atoms. The van der Waals surface area contributed by atoms with Gasteiger partial charge < -0.3 is 25.8 Å². The van der Waals surface area contributed by atoms with E-state index < -0.39 is 35.1 Å². The van der Waals surface area contributed by atoms with E-state index in [1.54, 1.807) is 78.9 Å². The molecule has 0 aliphatic rings. The molecule has 3 aromatic rings. The molecule has 214 valence electrons. The van der Waals surface area contributed by atoms with Gasteiger partial charge in [-0.1, -0.05) is 0 Å². The van der Waals surface area contributed by atoms with Crippen molar-refractivity contribution in [3.63, 3.8) is 0 Å². The van der Waals surface area contributed by atoms with Crippen LogP contribution >= 0.6 is 0 Å². The maximum absolute atomic E-state index is 13.0. The number of nitrogens with zero attached hydrogens (tertiary/aromatic N) is 4. The lowest BCUT2D eigenvalue weighted by Crippen LogP contribution is -2.44. The molecule has 0 saturated heterocycles. The summed E-state index contributed by atoms with van der Waals surface area (Å²) >= 11 is 0. The first-order valence-electron chi connectivity index (χ1n) is 12.9. The van der Waals surface area contributed by atoms with Gasteiger partial charge in [0.25, 0.3) is 5.91 Å². The highest BCUT2D eigenvalue weighted by atomic mass is 16.6. The van der Waals surface area contributed by atoms with Crippen molar-refractivity contribution < 1.29 is 23.9 Å². The second-order valence-electron chi connectivity index (χ2n) is 11.3. The fourth-order valence-corrected chi connectivity index (χ4v) is 3.61. The third-order valence-electron chi connectivity index (χ3n) is 5.27. The van der Waals surface area contributed by atoms with Crippen LogP contribution in [0.3, 0.4) is 0 Å². The number of aryl methyl sites for hydroxylation is 1. The Morgan fingerprint density at radius 3 is 2.23 bits per heavy atom. The van der Waals surface area contributed by atoms with Crippen LogP contribution in [-0.2, 0) is 25.6 Å². The van der Waals surface area contributed by atoms with E-state index in [9.17, 15) is 14.4 Å². The van der Waals surface area contributed by atoms with Crippen molar-refractivity contribution >= 4 is 40.5 Å². The normalized spacial score (nSPS) is 12.5. The van der Waals surface area contributed by atoms with Crippen molar-refractivity contribution in [2.24, 2.45) is 0 Å². The summed E-state index contributed by atoms with van der Waals surface area (Å²) in [5.41, 5.74) is 7.12. The van der Waals surface area contributed by atoms with E-state index in [0.717, 1.165) is 5.69 Å². The Labute approximate surface area is 233 Å². The molecule has 12 heteroatoms. The fourth-order valence-electron chi connectivity index (χ4n) is 3.61. The average Bonchev–Trinajstić information content (AvgIpc) is 2.83. The number of esters is 2. The Hall–Kier alpha value is -4.35. The van der Waals surface area contributed by atoms with Crippen molar-refractivity contribution in [1.82, 2.24) is 25.3 Å². The van der Waals surface area contributed by atoms with Crippen LogP contribution in [0.5, 0.6) is 0 Å². The summed E-state index contributed by atoms with van der Waals surface area (Å²) in [4.78, 5) is 55.1. The van der Waals surface area contributed by atoms with Crippen LogP contribution in [0.25, 0.3) is 11.2 Å². The van der Waals surface area contributed by atoms with Gasteiger partial charge in [0.2, 0.25) is 0 Å². The number of nitrogens with two attached hydrogens (primary N) is 1. The molecule has 4 N–H and O–H groups in total. The quantitative estimate of drug-likeness (QED) is 0.332. The zero-order valence-electron chi connectivity index (χ0n) is 24.0. The summed E-state index contributed by atoms with van der Waals surface area (Å²) in [5, 5.41) is 5.91. The van der Waals surface area contributed by atoms with Crippen molar-refractivity contribution in [2.45, 2.75) is 85.1 Å². The summed E-state index contributed by atoms with van der Waals surface area (Å²) < 4.78 is 10.8. The molecule has 40 heavy (non-hydrogen) atoms. The van der Waals surface area contributed by atoms with Gasteiger partial charge in [-0.15, -0.1) is 0 Å². The van der Waals surface area contributed by atoms with Crippen LogP contribution in [0, 0.1) is 6.92 Å². The number of hydrogen-bond acceptors (Lipinski definition) is 11. The van der Waals surface area contributed by atoms with E-state index >= 15 is 0 Å². The molecule has 2 heterocycles. The molecule has 1 aromatic carbocycles. The highest BCUT2D eigenvalue weighted by molar-refractivity contribution is 5.97. The first-order chi connectivity index (χ1) is 18.6. The number of rotatable bonds is 9. The molecule has 0 aliphatic carbocycles. The Bertz CT molecular complexity index is 1380. The van der Waals surface area contributed by atoms with Gasteiger partial charge in [-0.3, -0.25) is 9.59 Å². The molecule has 1 amide bonds. The minimum Gasteiger partial charge on any atom is -0.460 e. The molecular formula is C28H37N7O5. The molecule has 0 saturated carbocycles. The maximum Gasteiger partial charge on any atom is 0.329 e. The Morgan fingerprint density at radius 2 is 1.60 bits per heavy atom. The summed E-state index contributed by atoms with van der Waals surface area (Å²) in [6.07, 6.45) is 1.59. The number of aromatic nitrogens is 4. The Kier molecular flexibility index (Phi) is 9.23. The van der Waals surface area contributed by atoms with Gasteiger partial charge in [0.15, 0.2) is 17.0 Å². The van der Waals surface area contributed by atoms with Crippen molar-refractivity contribution in [3.8, 4) is 0 Å². The minimum atomic E-state index is -1.02. The molecular weight excluding hydrogens is 514 g/mol. The number of carbonyl (C=O) groups is 3. The molecule has 2 aromatic heterocycles. The predicted octanol–water partition coefficient (Wildman–Crippen LogP) is 3.48. The van der Waals surface area contributed by atoms with Crippen molar-refractivity contribution in [3.05, 3.63) is 47.5 Å². The van der Waals surface area contributed by atoms with E-state index in [1.807, 2.05) is 0 Å². The average molecular weight is 552 g/mol. The maximum atomic E-state index is 13.0. The number of carbonyl (C=O) groups excluding carboxylic acids is 3. The van der Waals surface area contributed by atoms with E-state index in [2.05, 4.69) is 30.6 Å². The summed E-state index contributed by atoms with van der Waals surface area (Å²) in [6.45, 7) is 12.6. The third-order valence-corrected chi connectivity index (χ3v) is 5.27. The van der Waals surface area contributed by atoms with Crippen LogP contribution in [0.15, 0.2) is 30.5 Å². The topological polar surface area (TPSA) is 171 Å². The van der Waals surface area contributed by atoms with Gasteiger partial charge in [-0.2, -0.15) is 0 Å². The summed E-state index contributed by atoms with van der Waals surface area (Å²) in [6, 6.07) is 5.68. The van der Waals surface area contributed by atoms with Gasteiger partial charge in [-0.05, 0) is 79.2 Å². The third kappa shape index (κ3) is 9.14. The lowest BCUT2D eigenvalue weighted by molar-refractivity contribution is -0.158. The molecule has 12 nitrogen and oxygen atoms in total.